The third-order valence-electron chi connectivity index (χ3n) is 5.37. The lowest BCUT2D eigenvalue weighted by molar-refractivity contribution is -0.133. The quantitative estimate of drug-likeness (QED) is 0.562. The highest BCUT2D eigenvalue weighted by Crippen LogP contribution is 2.25. The van der Waals surface area contributed by atoms with Gasteiger partial charge in [-0.25, -0.2) is 0 Å². The molecule has 1 aromatic heterocycles. The fourth-order valence-electron chi connectivity index (χ4n) is 3.62. The number of hydrogen-bond acceptors (Lipinski definition) is 5. The summed E-state index contributed by atoms with van der Waals surface area (Å²) in [6, 6.07) is 20.6. The second-order valence-corrected chi connectivity index (χ2v) is 8.56. The summed E-state index contributed by atoms with van der Waals surface area (Å²) in [6.45, 7) is 0.592. The van der Waals surface area contributed by atoms with E-state index in [1.54, 1.807) is 40.7 Å². The van der Waals surface area contributed by atoms with Crippen molar-refractivity contribution < 1.29 is 14.1 Å². The van der Waals surface area contributed by atoms with Gasteiger partial charge in [0.15, 0.2) is 0 Å². The third kappa shape index (κ3) is 4.99. The summed E-state index contributed by atoms with van der Waals surface area (Å²) in [6.07, 6.45) is 1.46. The molecule has 3 aromatic rings. The van der Waals surface area contributed by atoms with Gasteiger partial charge in [-0.3, -0.25) is 9.59 Å². The maximum absolute atomic E-state index is 13.0. The molecule has 0 spiro atoms. The van der Waals surface area contributed by atoms with Crippen molar-refractivity contribution in [3.05, 3.63) is 78.1 Å². The van der Waals surface area contributed by atoms with Crippen molar-refractivity contribution in [1.82, 2.24) is 15.0 Å². The van der Waals surface area contributed by atoms with Crippen molar-refractivity contribution in [1.29, 1.82) is 0 Å². The Hall–Kier alpha value is -3.06. The first-order valence-corrected chi connectivity index (χ1v) is 11.5. The molecule has 160 valence electrons. The van der Waals surface area contributed by atoms with E-state index in [-0.39, 0.29) is 11.8 Å². The summed E-state index contributed by atoms with van der Waals surface area (Å²) in [4.78, 5) is 29.2. The van der Waals surface area contributed by atoms with Crippen LogP contribution in [-0.2, 0) is 11.2 Å². The SMILES string of the molecule is CN(CCCc1cc(-c2ccccc2)no1)C(=O)[C@@H]1CSCN1C(=O)c1ccccc1. The predicted molar refractivity (Wildman–Crippen MR) is 122 cm³/mol. The Morgan fingerprint density at radius 2 is 1.84 bits per heavy atom. The second kappa shape index (κ2) is 9.83. The molecule has 7 heteroatoms. The number of nitrogens with zero attached hydrogens (tertiary/aromatic N) is 3. The van der Waals surface area contributed by atoms with Gasteiger partial charge in [0.1, 0.15) is 17.5 Å². The van der Waals surface area contributed by atoms with Gasteiger partial charge in [0.25, 0.3) is 5.91 Å². The average Bonchev–Trinajstić information content (AvgIpc) is 3.49. The van der Waals surface area contributed by atoms with E-state index < -0.39 is 6.04 Å². The molecule has 1 atom stereocenters. The van der Waals surface area contributed by atoms with Crippen LogP contribution < -0.4 is 0 Å². The van der Waals surface area contributed by atoms with Crippen LogP contribution in [0, 0.1) is 0 Å². The fourth-order valence-corrected chi connectivity index (χ4v) is 4.77. The summed E-state index contributed by atoms with van der Waals surface area (Å²) in [5.74, 6) is 1.86. The number of hydrogen-bond donors (Lipinski definition) is 0. The standard InChI is InChI=1S/C24H25N3O3S/c1-26(14-8-13-20-15-21(25-30-20)18-9-4-2-5-10-18)24(29)22-16-31-17-27(22)23(28)19-11-6-3-7-12-19/h2-7,9-12,15,22H,8,13-14,16-17H2,1H3/t22-/m0/s1. The minimum absolute atomic E-state index is 0.0168. The van der Waals surface area contributed by atoms with Crippen molar-refractivity contribution in [3.8, 4) is 11.3 Å². The number of aryl methyl sites for hydroxylation is 1. The molecule has 31 heavy (non-hydrogen) atoms. The molecule has 0 aliphatic carbocycles. The van der Waals surface area contributed by atoms with Crippen LogP contribution in [0.5, 0.6) is 0 Å². The van der Waals surface area contributed by atoms with E-state index in [0.717, 1.165) is 23.4 Å². The Labute approximate surface area is 186 Å². The molecular formula is C24H25N3O3S. The van der Waals surface area contributed by atoms with Crippen LogP contribution in [0.4, 0.5) is 0 Å². The molecule has 2 heterocycles. The Morgan fingerprint density at radius 1 is 1.13 bits per heavy atom. The first-order chi connectivity index (χ1) is 15.1. The minimum Gasteiger partial charge on any atom is -0.361 e. The molecule has 2 amide bonds. The number of carbonyl (C=O) groups is 2. The van der Waals surface area contributed by atoms with Gasteiger partial charge in [-0.15, -0.1) is 11.8 Å². The van der Waals surface area contributed by atoms with E-state index in [1.807, 2.05) is 54.6 Å². The van der Waals surface area contributed by atoms with Gasteiger partial charge in [0, 0.05) is 43.0 Å². The lowest BCUT2D eigenvalue weighted by Crippen LogP contribution is -2.48. The smallest absolute Gasteiger partial charge is 0.255 e. The largest absolute Gasteiger partial charge is 0.361 e. The topological polar surface area (TPSA) is 66.7 Å². The monoisotopic (exact) mass is 435 g/mol. The molecule has 0 bridgehead atoms. The van der Waals surface area contributed by atoms with Crippen LogP contribution >= 0.6 is 11.8 Å². The maximum atomic E-state index is 13.0. The Bertz CT molecular complexity index is 1020. The highest BCUT2D eigenvalue weighted by atomic mass is 32.2. The second-order valence-electron chi connectivity index (χ2n) is 7.56. The highest BCUT2D eigenvalue weighted by Gasteiger charge is 2.36. The maximum Gasteiger partial charge on any atom is 0.255 e. The van der Waals surface area contributed by atoms with Gasteiger partial charge in [-0.1, -0.05) is 53.7 Å². The van der Waals surface area contributed by atoms with Crippen LogP contribution in [0.25, 0.3) is 11.3 Å². The van der Waals surface area contributed by atoms with Gasteiger partial charge in [0.2, 0.25) is 5.91 Å². The lowest BCUT2D eigenvalue weighted by atomic mass is 10.1. The molecule has 0 N–H and O–H groups in total. The minimum atomic E-state index is -0.419. The van der Waals surface area contributed by atoms with Crippen molar-refractivity contribution in [2.45, 2.75) is 18.9 Å². The van der Waals surface area contributed by atoms with E-state index in [0.29, 0.717) is 30.2 Å². The first-order valence-electron chi connectivity index (χ1n) is 10.3. The fraction of sp³-hybridized carbons (Fsp3) is 0.292. The number of carbonyl (C=O) groups excluding carboxylic acids is 2. The van der Waals surface area contributed by atoms with E-state index >= 15 is 0 Å². The van der Waals surface area contributed by atoms with Crippen molar-refractivity contribution in [2.75, 3.05) is 25.2 Å². The van der Waals surface area contributed by atoms with Crippen molar-refractivity contribution in [3.63, 3.8) is 0 Å². The average molecular weight is 436 g/mol. The summed E-state index contributed by atoms with van der Waals surface area (Å²) < 4.78 is 5.45. The van der Waals surface area contributed by atoms with Gasteiger partial charge < -0.3 is 14.3 Å². The molecule has 0 saturated carbocycles. The van der Waals surface area contributed by atoms with Crippen LogP contribution in [0.1, 0.15) is 22.5 Å². The number of rotatable bonds is 7. The van der Waals surface area contributed by atoms with E-state index in [1.165, 1.54) is 0 Å². The highest BCUT2D eigenvalue weighted by molar-refractivity contribution is 7.99. The molecule has 6 nitrogen and oxygen atoms in total. The molecule has 1 fully saturated rings. The normalized spacial score (nSPS) is 15.8. The number of benzene rings is 2. The summed E-state index contributed by atoms with van der Waals surface area (Å²) in [5, 5.41) is 4.14. The molecule has 1 aliphatic rings. The Kier molecular flexibility index (Phi) is 6.72. The van der Waals surface area contributed by atoms with Gasteiger partial charge >= 0.3 is 0 Å². The van der Waals surface area contributed by atoms with Crippen LogP contribution in [0.2, 0.25) is 0 Å². The lowest BCUT2D eigenvalue weighted by Gasteiger charge is -2.27. The van der Waals surface area contributed by atoms with Crippen LogP contribution in [0.3, 0.4) is 0 Å². The zero-order valence-corrected chi connectivity index (χ0v) is 18.3. The molecule has 4 rings (SSSR count). The summed E-state index contributed by atoms with van der Waals surface area (Å²) >= 11 is 1.61. The first kappa shape index (κ1) is 21.2. The molecule has 1 aliphatic heterocycles. The molecule has 2 aromatic carbocycles. The van der Waals surface area contributed by atoms with E-state index in [9.17, 15) is 9.59 Å². The number of aromatic nitrogens is 1. The van der Waals surface area contributed by atoms with Crippen molar-refractivity contribution >= 4 is 23.6 Å². The summed E-state index contributed by atoms with van der Waals surface area (Å²) in [5.41, 5.74) is 2.45. The molecule has 0 unspecified atom stereocenters. The van der Waals surface area contributed by atoms with Crippen LogP contribution in [0.15, 0.2) is 71.3 Å². The van der Waals surface area contributed by atoms with Crippen molar-refractivity contribution in [2.24, 2.45) is 0 Å². The predicted octanol–water partition coefficient (Wildman–Crippen LogP) is 3.95. The number of amides is 2. The zero-order valence-electron chi connectivity index (χ0n) is 17.4. The van der Waals surface area contributed by atoms with Crippen LogP contribution in [-0.4, -0.2) is 58.0 Å². The molecule has 1 saturated heterocycles. The third-order valence-corrected chi connectivity index (χ3v) is 6.38. The van der Waals surface area contributed by atoms with Gasteiger partial charge in [-0.05, 0) is 18.6 Å². The Balaban J connectivity index is 1.30. The van der Waals surface area contributed by atoms with Gasteiger partial charge in [-0.2, -0.15) is 0 Å². The molecule has 0 radical (unpaired) electrons. The van der Waals surface area contributed by atoms with E-state index in [2.05, 4.69) is 5.16 Å². The van der Waals surface area contributed by atoms with Gasteiger partial charge in [0.05, 0.1) is 5.88 Å². The van der Waals surface area contributed by atoms with E-state index in [4.69, 9.17) is 4.52 Å². The summed E-state index contributed by atoms with van der Waals surface area (Å²) in [7, 11) is 1.80. The number of thioether (sulfide) groups is 1. The Morgan fingerprint density at radius 3 is 2.58 bits per heavy atom. The zero-order chi connectivity index (χ0) is 21.6. The molecular weight excluding hydrogens is 410 g/mol. The number of likely N-dealkylation sites (N-methyl/N-ethyl adjacent to an activating group) is 1.